The second-order valence-electron chi connectivity index (χ2n) is 3.68. The van der Waals surface area contributed by atoms with E-state index in [0.717, 1.165) is 12.1 Å². The molecule has 0 saturated heterocycles. The molecule has 0 saturated carbocycles. The Morgan fingerprint density at radius 1 is 1.32 bits per heavy atom. The SMILES string of the molecule is CP(=S)(Cl)Oc1ccc(S(=O)(=O)CC(F)(F)F)cc1. The summed E-state index contributed by atoms with van der Waals surface area (Å²) in [5.41, 5.74) is -2.50. The highest BCUT2D eigenvalue weighted by Crippen LogP contribution is 2.48. The summed E-state index contributed by atoms with van der Waals surface area (Å²) in [7, 11) is -4.41. The number of hydrogen-bond donors (Lipinski definition) is 0. The molecule has 0 N–H and O–H groups in total. The lowest BCUT2D eigenvalue weighted by atomic mass is 10.3. The van der Waals surface area contributed by atoms with Crippen LogP contribution >= 0.6 is 16.9 Å². The third-order valence-corrected chi connectivity index (χ3v) is 4.47. The molecule has 0 aliphatic carbocycles. The van der Waals surface area contributed by atoms with E-state index in [1.165, 1.54) is 18.8 Å². The molecule has 0 aromatic heterocycles. The normalized spacial score (nSPS) is 15.8. The average Bonchev–Trinajstić information content (AvgIpc) is 2.11. The topological polar surface area (TPSA) is 43.4 Å². The third kappa shape index (κ3) is 6.12. The quantitative estimate of drug-likeness (QED) is 0.777. The summed E-state index contributed by atoms with van der Waals surface area (Å²) in [5, 5.41) is 0. The molecule has 0 heterocycles. The van der Waals surface area contributed by atoms with Gasteiger partial charge >= 0.3 is 6.18 Å². The largest absolute Gasteiger partial charge is 0.453 e. The Hall–Kier alpha value is -0.300. The lowest BCUT2D eigenvalue weighted by molar-refractivity contribution is -0.106. The van der Waals surface area contributed by atoms with Gasteiger partial charge in [-0.1, -0.05) is 0 Å². The summed E-state index contributed by atoms with van der Waals surface area (Å²) in [5.74, 6) is -1.69. The van der Waals surface area contributed by atoms with Gasteiger partial charge < -0.3 is 4.52 Å². The molecule has 19 heavy (non-hydrogen) atoms. The van der Waals surface area contributed by atoms with Crippen LogP contribution in [0, 0.1) is 0 Å². The fourth-order valence-corrected chi connectivity index (χ4v) is 3.34. The van der Waals surface area contributed by atoms with Crippen molar-refractivity contribution in [2.75, 3.05) is 12.4 Å². The van der Waals surface area contributed by atoms with Gasteiger partial charge in [0.2, 0.25) is 0 Å². The fourth-order valence-electron chi connectivity index (χ4n) is 1.19. The Morgan fingerprint density at radius 2 is 1.79 bits per heavy atom. The van der Waals surface area contributed by atoms with Crippen molar-refractivity contribution in [3.05, 3.63) is 24.3 Å². The van der Waals surface area contributed by atoms with E-state index in [9.17, 15) is 21.6 Å². The molecule has 0 amide bonds. The number of sulfone groups is 1. The summed E-state index contributed by atoms with van der Waals surface area (Å²) >= 11 is 10.6. The van der Waals surface area contributed by atoms with E-state index in [1.807, 2.05) is 0 Å². The van der Waals surface area contributed by atoms with Crippen molar-refractivity contribution in [1.29, 1.82) is 0 Å². The van der Waals surface area contributed by atoms with Gasteiger partial charge in [-0.2, -0.15) is 13.2 Å². The van der Waals surface area contributed by atoms with Crippen LogP contribution in [-0.2, 0) is 21.6 Å². The number of halogens is 4. The zero-order valence-electron chi connectivity index (χ0n) is 9.52. The van der Waals surface area contributed by atoms with Crippen LogP contribution < -0.4 is 4.52 Å². The Bertz CT molecular complexity index is 592. The molecule has 10 heteroatoms. The number of alkyl halides is 3. The maximum absolute atomic E-state index is 12.1. The number of hydrogen-bond acceptors (Lipinski definition) is 4. The second kappa shape index (κ2) is 5.60. The van der Waals surface area contributed by atoms with E-state index in [-0.39, 0.29) is 5.75 Å². The van der Waals surface area contributed by atoms with E-state index in [2.05, 4.69) is 0 Å². The molecule has 1 rings (SSSR count). The number of benzene rings is 1. The van der Waals surface area contributed by atoms with Crippen LogP contribution in [0.5, 0.6) is 5.75 Å². The molecule has 0 aliphatic heterocycles. The van der Waals surface area contributed by atoms with E-state index in [4.69, 9.17) is 27.6 Å². The van der Waals surface area contributed by atoms with Crippen LogP contribution in [0.2, 0.25) is 0 Å². The molecular formula is C9H9ClF3O3PS2. The van der Waals surface area contributed by atoms with E-state index in [0.29, 0.717) is 0 Å². The van der Waals surface area contributed by atoms with Crippen LogP contribution in [0.1, 0.15) is 0 Å². The third-order valence-electron chi connectivity index (χ3n) is 1.80. The van der Waals surface area contributed by atoms with E-state index < -0.39 is 32.3 Å². The predicted molar refractivity (Wildman–Crippen MR) is 71.2 cm³/mol. The molecule has 0 spiro atoms. The van der Waals surface area contributed by atoms with Crippen molar-refractivity contribution in [3.8, 4) is 5.75 Å². The van der Waals surface area contributed by atoms with Gasteiger partial charge in [0.1, 0.15) is 5.75 Å². The van der Waals surface area contributed by atoms with Crippen LogP contribution in [0.25, 0.3) is 0 Å². The van der Waals surface area contributed by atoms with Crippen LogP contribution in [-0.4, -0.2) is 27.0 Å². The smallest absolute Gasteiger partial charge is 0.403 e. The molecule has 0 fully saturated rings. The Kier molecular flexibility index (Phi) is 4.93. The molecule has 1 aromatic carbocycles. The standard InChI is InChI=1S/C9H9ClF3O3PS2/c1-17(10,18)16-7-2-4-8(5-3-7)19(14,15)6-9(11,12)13/h2-5H,6H2,1H3. The van der Waals surface area contributed by atoms with Crippen molar-refractivity contribution >= 4 is 38.5 Å². The summed E-state index contributed by atoms with van der Waals surface area (Å²) < 4.78 is 64.4. The first-order chi connectivity index (χ1) is 8.39. The fraction of sp³-hybridized carbons (Fsp3) is 0.333. The first-order valence-corrected chi connectivity index (χ1v) is 10.5. The highest BCUT2D eigenvalue weighted by Gasteiger charge is 2.35. The zero-order chi connectivity index (χ0) is 14.9. The van der Waals surface area contributed by atoms with Crippen LogP contribution in [0.3, 0.4) is 0 Å². The van der Waals surface area contributed by atoms with Crippen LogP contribution in [0.4, 0.5) is 13.2 Å². The molecule has 1 unspecified atom stereocenters. The highest BCUT2D eigenvalue weighted by molar-refractivity contribution is 8.24. The van der Waals surface area contributed by atoms with Crippen molar-refractivity contribution in [3.63, 3.8) is 0 Å². The highest BCUT2D eigenvalue weighted by atomic mass is 35.7. The molecule has 3 nitrogen and oxygen atoms in total. The van der Waals surface area contributed by atoms with Gasteiger partial charge in [0.15, 0.2) is 21.2 Å². The maximum atomic E-state index is 12.1. The molecule has 0 bridgehead atoms. The molecular weight excluding hydrogens is 344 g/mol. The van der Waals surface area contributed by atoms with Gasteiger partial charge in [0, 0.05) is 6.66 Å². The summed E-state index contributed by atoms with van der Waals surface area (Å²) in [4.78, 5) is -0.434. The summed E-state index contributed by atoms with van der Waals surface area (Å²) in [6, 6.07) is 4.49. The molecule has 0 radical (unpaired) electrons. The van der Waals surface area contributed by atoms with Crippen molar-refractivity contribution in [1.82, 2.24) is 0 Å². The van der Waals surface area contributed by atoms with Gasteiger partial charge in [0.05, 0.1) is 4.90 Å². The summed E-state index contributed by atoms with van der Waals surface area (Å²) in [6.07, 6.45) is -4.78. The van der Waals surface area contributed by atoms with Crippen molar-refractivity contribution < 1.29 is 26.1 Å². The first kappa shape index (κ1) is 16.8. The minimum Gasteiger partial charge on any atom is -0.453 e. The van der Waals surface area contributed by atoms with Gasteiger partial charge in [0.25, 0.3) is 0 Å². The minimum atomic E-state index is -4.78. The summed E-state index contributed by atoms with van der Waals surface area (Å²) in [6.45, 7) is 1.50. The Morgan fingerprint density at radius 3 is 2.16 bits per heavy atom. The molecule has 0 aliphatic rings. The van der Waals surface area contributed by atoms with Gasteiger partial charge in [-0.05, 0) is 47.3 Å². The van der Waals surface area contributed by atoms with E-state index in [1.54, 1.807) is 0 Å². The first-order valence-electron chi connectivity index (χ1n) is 4.75. The minimum absolute atomic E-state index is 0.215. The monoisotopic (exact) mass is 352 g/mol. The van der Waals surface area contributed by atoms with Gasteiger partial charge in [-0.15, -0.1) is 0 Å². The second-order valence-corrected chi connectivity index (χ2v) is 12.0. The molecule has 108 valence electrons. The molecule has 1 atom stereocenters. The predicted octanol–water partition coefficient (Wildman–Crippen LogP) is 3.58. The average molecular weight is 353 g/mol. The van der Waals surface area contributed by atoms with Crippen LogP contribution in [0.15, 0.2) is 29.2 Å². The van der Waals surface area contributed by atoms with Crippen molar-refractivity contribution in [2.45, 2.75) is 11.1 Å². The lowest BCUT2D eigenvalue weighted by Gasteiger charge is -2.12. The number of rotatable bonds is 4. The molecule has 1 aromatic rings. The Labute approximate surface area is 118 Å². The van der Waals surface area contributed by atoms with Gasteiger partial charge in [-0.25, -0.2) is 8.42 Å². The Balaban J connectivity index is 2.96. The lowest BCUT2D eigenvalue weighted by Crippen LogP contribution is -2.22. The zero-order valence-corrected chi connectivity index (χ0v) is 12.8. The van der Waals surface area contributed by atoms with Crippen molar-refractivity contribution in [2.24, 2.45) is 0 Å². The maximum Gasteiger partial charge on any atom is 0.403 e. The van der Waals surface area contributed by atoms with Gasteiger partial charge in [-0.3, -0.25) is 0 Å². The van der Waals surface area contributed by atoms with E-state index >= 15 is 0 Å².